The van der Waals surface area contributed by atoms with Gasteiger partial charge in [0.15, 0.2) is 0 Å². The molecule has 0 saturated carbocycles. The van der Waals surface area contributed by atoms with Crippen molar-refractivity contribution in [3.8, 4) is 10.6 Å². The van der Waals surface area contributed by atoms with E-state index in [-0.39, 0.29) is 11.9 Å². The highest BCUT2D eigenvalue weighted by atomic mass is 35.5. The molecule has 0 radical (unpaired) electrons. The summed E-state index contributed by atoms with van der Waals surface area (Å²) in [5, 5.41) is 6.51. The van der Waals surface area contributed by atoms with Gasteiger partial charge in [0, 0.05) is 22.0 Å². The Morgan fingerprint density at radius 3 is 3.00 bits per heavy atom. The highest BCUT2D eigenvalue weighted by Gasteiger charge is 2.13. The third kappa shape index (κ3) is 3.53. The number of benzene rings is 1. The fourth-order valence-corrected chi connectivity index (χ4v) is 2.84. The number of rotatable bonds is 5. The highest BCUT2D eigenvalue weighted by molar-refractivity contribution is 7.13. The van der Waals surface area contributed by atoms with E-state index in [2.05, 4.69) is 24.1 Å². The van der Waals surface area contributed by atoms with E-state index in [1.54, 1.807) is 12.1 Å². The molecule has 1 aromatic heterocycles. The quantitative estimate of drug-likeness (QED) is 0.868. The molecule has 0 aliphatic rings. The zero-order valence-corrected chi connectivity index (χ0v) is 12.5. The van der Waals surface area contributed by atoms with Gasteiger partial charge in [-0.1, -0.05) is 18.5 Å². The Balaban J connectivity index is 2.23. The normalized spacial score (nSPS) is 12.6. The summed E-state index contributed by atoms with van der Waals surface area (Å²) in [6.45, 7) is 5.12. The van der Waals surface area contributed by atoms with Crippen molar-refractivity contribution < 1.29 is 4.39 Å². The Labute approximate surface area is 121 Å². The number of hydrogen-bond acceptors (Lipinski definition) is 3. The second-order valence-corrected chi connectivity index (χ2v) is 5.67. The number of nitrogens with one attached hydrogen (secondary N) is 1. The van der Waals surface area contributed by atoms with Gasteiger partial charge in [-0.25, -0.2) is 9.37 Å². The maximum atomic E-state index is 13.8. The van der Waals surface area contributed by atoms with E-state index in [9.17, 15) is 4.39 Å². The fraction of sp³-hybridized carbons (Fsp3) is 0.357. The largest absolute Gasteiger partial charge is 0.309 e. The van der Waals surface area contributed by atoms with Crippen LogP contribution in [0.25, 0.3) is 10.6 Å². The molecular formula is C14H16ClFN2S. The van der Waals surface area contributed by atoms with Gasteiger partial charge in [-0.15, -0.1) is 11.3 Å². The zero-order valence-electron chi connectivity index (χ0n) is 10.9. The molecule has 0 amide bonds. The first kappa shape index (κ1) is 14.4. The van der Waals surface area contributed by atoms with E-state index in [1.165, 1.54) is 17.4 Å². The summed E-state index contributed by atoms with van der Waals surface area (Å²) in [7, 11) is 0. The molecule has 1 N–H and O–H groups in total. The molecule has 5 heteroatoms. The standard InChI is InChI=1S/C14H16ClFN2S/c1-3-6-17-9(2)13-8-19-14(18-13)11-7-10(15)4-5-12(11)16/h4-5,7-9,17H,3,6H2,1-2H3. The Kier molecular flexibility index (Phi) is 4.91. The van der Waals surface area contributed by atoms with Crippen molar-refractivity contribution in [3.05, 3.63) is 40.1 Å². The van der Waals surface area contributed by atoms with Crippen molar-refractivity contribution in [2.45, 2.75) is 26.3 Å². The van der Waals surface area contributed by atoms with Gasteiger partial charge < -0.3 is 5.32 Å². The van der Waals surface area contributed by atoms with Crippen LogP contribution in [0.15, 0.2) is 23.6 Å². The summed E-state index contributed by atoms with van der Waals surface area (Å²) in [4.78, 5) is 4.49. The smallest absolute Gasteiger partial charge is 0.133 e. The van der Waals surface area contributed by atoms with E-state index in [1.807, 2.05) is 5.38 Å². The second-order valence-electron chi connectivity index (χ2n) is 4.38. The predicted octanol–water partition coefficient (Wildman–Crippen LogP) is 4.66. The maximum Gasteiger partial charge on any atom is 0.133 e. The summed E-state index contributed by atoms with van der Waals surface area (Å²) in [5.41, 5.74) is 1.40. The molecule has 2 nitrogen and oxygen atoms in total. The fourth-order valence-electron chi connectivity index (χ4n) is 1.74. The van der Waals surface area contributed by atoms with Gasteiger partial charge in [0.2, 0.25) is 0 Å². The maximum absolute atomic E-state index is 13.8. The van der Waals surface area contributed by atoms with E-state index >= 15 is 0 Å². The van der Waals surface area contributed by atoms with Crippen molar-refractivity contribution in [3.63, 3.8) is 0 Å². The lowest BCUT2D eigenvalue weighted by Crippen LogP contribution is -2.19. The molecule has 0 fully saturated rings. The van der Waals surface area contributed by atoms with Gasteiger partial charge >= 0.3 is 0 Å². The van der Waals surface area contributed by atoms with Crippen LogP contribution < -0.4 is 5.32 Å². The van der Waals surface area contributed by atoms with Crippen molar-refractivity contribution in [1.82, 2.24) is 10.3 Å². The van der Waals surface area contributed by atoms with Crippen molar-refractivity contribution in [2.75, 3.05) is 6.54 Å². The average molecular weight is 299 g/mol. The Bertz CT molecular complexity index is 556. The summed E-state index contributed by atoms with van der Waals surface area (Å²) in [6, 6.07) is 4.70. The first-order chi connectivity index (χ1) is 9.11. The number of nitrogens with zero attached hydrogens (tertiary/aromatic N) is 1. The molecule has 0 saturated heterocycles. The van der Waals surface area contributed by atoms with Crippen LogP contribution in [0.5, 0.6) is 0 Å². The molecule has 0 aliphatic heterocycles. The lowest BCUT2D eigenvalue weighted by molar-refractivity contribution is 0.561. The van der Waals surface area contributed by atoms with Gasteiger partial charge in [0.25, 0.3) is 0 Å². The third-order valence-corrected chi connectivity index (χ3v) is 3.95. The van der Waals surface area contributed by atoms with Crippen LogP contribution in [0.1, 0.15) is 32.0 Å². The summed E-state index contributed by atoms with van der Waals surface area (Å²) in [6.07, 6.45) is 1.07. The van der Waals surface area contributed by atoms with E-state index in [4.69, 9.17) is 11.6 Å². The van der Waals surface area contributed by atoms with Crippen LogP contribution in [0.4, 0.5) is 4.39 Å². The van der Waals surface area contributed by atoms with E-state index in [0.29, 0.717) is 15.6 Å². The van der Waals surface area contributed by atoms with Gasteiger partial charge in [0.05, 0.1) is 5.69 Å². The highest BCUT2D eigenvalue weighted by Crippen LogP contribution is 2.30. The molecule has 102 valence electrons. The molecule has 19 heavy (non-hydrogen) atoms. The first-order valence-electron chi connectivity index (χ1n) is 6.26. The van der Waals surface area contributed by atoms with E-state index < -0.39 is 0 Å². The third-order valence-electron chi connectivity index (χ3n) is 2.82. The summed E-state index contributed by atoms with van der Waals surface area (Å²) < 4.78 is 13.8. The van der Waals surface area contributed by atoms with Gasteiger partial charge in [0.1, 0.15) is 10.8 Å². The molecule has 1 aromatic carbocycles. The monoisotopic (exact) mass is 298 g/mol. The number of hydrogen-bond donors (Lipinski definition) is 1. The molecule has 2 aromatic rings. The lowest BCUT2D eigenvalue weighted by Gasteiger charge is -2.09. The summed E-state index contributed by atoms with van der Waals surface area (Å²) in [5.74, 6) is -0.292. The van der Waals surface area contributed by atoms with Crippen molar-refractivity contribution >= 4 is 22.9 Å². The number of thiazole rings is 1. The van der Waals surface area contributed by atoms with Crippen molar-refractivity contribution in [2.24, 2.45) is 0 Å². The van der Waals surface area contributed by atoms with Gasteiger partial charge in [-0.05, 0) is 38.1 Å². The van der Waals surface area contributed by atoms with Crippen LogP contribution in [-0.4, -0.2) is 11.5 Å². The minimum absolute atomic E-state index is 0.173. The van der Waals surface area contributed by atoms with Gasteiger partial charge in [-0.2, -0.15) is 0 Å². The molecule has 0 spiro atoms. The van der Waals surface area contributed by atoms with Crippen molar-refractivity contribution in [1.29, 1.82) is 0 Å². The molecule has 0 aliphatic carbocycles. The minimum atomic E-state index is -0.292. The molecule has 1 unspecified atom stereocenters. The number of halogens is 2. The van der Waals surface area contributed by atoms with Crippen LogP contribution in [-0.2, 0) is 0 Å². The average Bonchev–Trinajstić information content (AvgIpc) is 2.88. The molecule has 2 rings (SSSR count). The van der Waals surface area contributed by atoms with Crippen LogP contribution in [0.3, 0.4) is 0 Å². The Morgan fingerprint density at radius 2 is 2.26 bits per heavy atom. The Morgan fingerprint density at radius 1 is 1.47 bits per heavy atom. The first-order valence-corrected chi connectivity index (χ1v) is 7.51. The van der Waals surface area contributed by atoms with Crippen LogP contribution in [0, 0.1) is 5.82 Å². The molecule has 0 bridgehead atoms. The minimum Gasteiger partial charge on any atom is -0.309 e. The molecule has 1 atom stereocenters. The lowest BCUT2D eigenvalue weighted by atomic mass is 10.2. The predicted molar refractivity (Wildman–Crippen MR) is 79.2 cm³/mol. The number of aromatic nitrogens is 1. The van der Waals surface area contributed by atoms with Gasteiger partial charge in [-0.3, -0.25) is 0 Å². The van der Waals surface area contributed by atoms with E-state index in [0.717, 1.165) is 18.7 Å². The van der Waals surface area contributed by atoms with Crippen LogP contribution >= 0.6 is 22.9 Å². The SMILES string of the molecule is CCCNC(C)c1csc(-c2cc(Cl)ccc2F)n1. The topological polar surface area (TPSA) is 24.9 Å². The molecular weight excluding hydrogens is 283 g/mol. The zero-order chi connectivity index (χ0) is 13.8. The second kappa shape index (κ2) is 6.46. The molecule has 1 heterocycles. The summed E-state index contributed by atoms with van der Waals surface area (Å²) >= 11 is 7.34. The van der Waals surface area contributed by atoms with Crippen LogP contribution in [0.2, 0.25) is 5.02 Å². The Hall–Kier alpha value is -0.970.